The number of amides is 1. The summed E-state index contributed by atoms with van der Waals surface area (Å²) in [6.45, 7) is 4.38. The summed E-state index contributed by atoms with van der Waals surface area (Å²) in [5.41, 5.74) is -6.39. The standard InChI is InChI=1S/C13H9F6NO4.C2H6/c1-11(13(17,18)19)10(22)20-7-3-5(9(21)23-2)6(12(14,15)16)4-8(7)24-11;1-2/h3-4H,1-2H3,(H,20,22);1-2H3/t11-;/m1./s1. The largest absolute Gasteiger partial charge is 0.466 e. The number of fused-ring (bicyclic) bond motifs is 1. The first kappa shape index (κ1) is 21.6. The third-order valence-corrected chi connectivity index (χ3v) is 3.37. The summed E-state index contributed by atoms with van der Waals surface area (Å²) >= 11 is 0. The molecule has 0 aliphatic carbocycles. The Morgan fingerprint density at radius 2 is 1.69 bits per heavy atom. The fourth-order valence-electron chi connectivity index (χ4n) is 1.97. The van der Waals surface area contributed by atoms with Gasteiger partial charge in [0.1, 0.15) is 5.75 Å². The molecule has 1 aromatic rings. The maximum absolute atomic E-state index is 13.0. The Morgan fingerprint density at radius 3 is 2.12 bits per heavy atom. The maximum Gasteiger partial charge on any atom is 0.437 e. The average Bonchev–Trinajstić information content (AvgIpc) is 2.54. The molecule has 0 spiro atoms. The summed E-state index contributed by atoms with van der Waals surface area (Å²) < 4.78 is 86.8. The second kappa shape index (κ2) is 7.04. The monoisotopic (exact) mass is 387 g/mol. The quantitative estimate of drug-likeness (QED) is 0.580. The molecule has 2 rings (SSSR count). The van der Waals surface area contributed by atoms with Crippen LogP contribution in [-0.2, 0) is 15.7 Å². The molecule has 1 aromatic carbocycles. The predicted octanol–water partition coefficient (Wildman–Crippen LogP) is 4.17. The SMILES string of the molecule is CC.COC(=O)c1cc2c(cc1C(F)(F)F)O[C@@](C)(C(F)(F)F)C(=O)N2. The van der Waals surface area contributed by atoms with E-state index in [1.54, 1.807) is 5.32 Å². The molecule has 0 aromatic heterocycles. The molecule has 0 radical (unpaired) electrons. The molecule has 1 N–H and O–H groups in total. The summed E-state index contributed by atoms with van der Waals surface area (Å²) in [7, 11) is 0.831. The number of ether oxygens (including phenoxy) is 2. The molecular weight excluding hydrogens is 372 g/mol. The number of carbonyl (C=O) groups excluding carboxylic acids is 2. The lowest BCUT2D eigenvalue weighted by Crippen LogP contribution is -2.58. The van der Waals surface area contributed by atoms with Gasteiger partial charge in [0.2, 0.25) is 0 Å². The Hall–Kier alpha value is -2.46. The maximum atomic E-state index is 13.0. The fourth-order valence-corrected chi connectivity index (χ4v) is 1.97. The molecule has 5 nitrogen and oxygen atoms in total. The summed E-state index contributed by atoms with van der Waals surface area (Å²) in [6, 6.07) is 0.767. The van der Waals surface area contributed by atoms with Gasteiger partial charge in [-0.15, -0.1) is 0 Å². The van der Waals surface area contributed by atoms with Crippen molar-refractivity contribution in [2.24, 2.45) is 0 Å². The minimum Gasteiger partial charge on any atom is -0.466 e. The van der Waals surface area contributed by atoms with Crippen LogP contribution in [-0.4, -0.2) is 30.8 Å². The van der Waals surface area contributed by atoms with Crippen LogP contribution in [0.4, 0.5) is 32.0 Å². The number of alkyl halides is 6. The molecule has 26 heavy (non-hydrogen) atoms. The highest BCUT2D eigenvalue weighted by molar-refractivity contribution is 6.03. The van der Waals surface area contributed by atoms with Gasteiger partial charge in [-0.1, -0.05) is 13.8 Å². The number of rotatable bonds is 1. The van der Waals surface area contributed by atoms with Gasteiger partial charge in [0, 0.05) is 0 Å². The highest BCUT2D eigenvalue weighted by Gasteiger charge is 2.61. The van der Waals surface area contributed by atoms with E-state index in [1.807, 2.05) is 13.8 Å². The van der Waals surface area contributed by atoms with Gasteiger partial charge in [-0.3, -0.25) is 4.79 Å². The van der Waals surface area contributed by atoms with E-state index in [0.717, 1.165) is 7.11 Å². The number of nitrogens with one attached hydrogen (secondary N) is 1. The molecule has 0 fully saturated rings. The van der Waals surface area contributed by atoms with Crippen LogP contribution in [0.1, 0.15) is 36.7 Å². The lowest BCUT2D eigenvalue weighted by Gasteiger charge is -2.36. The van der Waals surface area contributed by atoms with E-state index in [2.05, 4.69) is 9.47 Å². The second-order valence-corrected chi connectivity index (χ2v) is 4.97. The molecule has 0 saturated heterocycles. The zero-order chi connectivity index (χ0) is 20.5. The number of methoxy groups -OCH3 is 1. The van der Waals surface area contributed by atoms with Crippen LogP contribution in [0.2, 0.25) is 0 Å². The molecule has 1 heterocycles. The minimum atomic E-state index is -5.17. The van der Waals surface area contributed by atoms with Crippen molar-refractivity contribution in [1.82, 2.24) is 0 Å². The van der Waals surface area contributed by atoms with Crippen molar-refractivity contribution in [2.75, 3.05) is 12.4 Å². The average molecular weight is 387 g/mol. The van der Waals surface area contributed by atoms with Gasteiger partial charge in [0.05, 0.1) is 23.9 Å². The number of carbonyl (C=O) groups is 2. The first-order chi connectivity index (χ1) is 11.8. The molecule has 11 heteroatoms. The van der Waals surface area contributed by atoms with Gasteiger partial charge >= 0.3 is 18.3 Å². The highest BCUT2D eigenvalue weighted by Crippen LogP contribution is 2.45. The first-order valence-electron chi connectivity index (χ1n) is 7.22. The van der Waals surface area contributed by atoms with Gasteiger partial charge in [0.15, 0.2) is 0 Å². The Labute approximate surface area is 144 Å². The van der Waals surface area contributed by atoms with Crippen molar-refractivity contribution < 1.29 is 45.4 Å². The first-order valence-corrected chi connectivity index (χ1v) is 7.22. The third kappa shape index (κ3) is 3.70. The Kier molecular flexibility index (Phi) is 5.84. The van der Waals surface area contributed by atoms with E-state index in [1.165, 1.54) is 0 Å². The molecule has 0 bridgehead atoms. The van der Waals surface area contributed by atoms with Gasteiger partial charge < -0.3 is 14.8 Å². The van der Waals surface area contributed by atoms with E-state index in [4.69, 9.17) is 0 Å². The van der Waals surface area contributed by atoms with Crippen molar-refractivity contribution in [3.05, 3.63) is 23.3 Å². The Bertz CT molecular complexity index is 713. The van der Waals surface area contributed by atoms with E-state index >= 15 is 0 Å². The van der Waals surface area contributed by atoms with Gasteiger partial charge in [-0.25, -0.2) is 4.79 Å². The topological polar surface area (TPSA) is 64.6 Å². The Balaban J connectivity index is 0.00000163. The lowest BCUT2D eigenvalue weighted by molar-refractivity contribution is -0.234. The summed E-state index contributed by atoms with van der Waals surface area (Å²) in [6.07, 6.45) is -10.2. The van der Waals surface area contributed by atoms with Crippen molar-refractivity contribution in [1.29, 1.82) is 0 Å². The zero-order valence-electron chi connectivity index (χ0n) is 14.1. The molecule has 146 valence electrons. The van der Waals surface area contributed by atoms with Crippen LogP contribution in [0, 0.1) is 0 Å². The predicted molar refractivity (Wildman–Crippen MR) is 77.8 cm³/mol. The van der Waals surface area contributed by atoms with Gasteiger partial charge in [-0.2, -0.15) is 26.3 Å². The number of halogens is 6. The number of esters is 1. The van der Waals surface area contributed by atoms with E-state index in [-0.39, 0.29) is 6.07 Å². The molecule has 1 aliphatic heterocycles. The Morgan fingerprint density at radius 1 is 1.15 bits per heavy atom. The van der Waals surface area contributed by atoms with Gasteiger partial charge in [0.25, 0.3) is 11.5 Å². The lowest BCUT2D eigenvalue weighted by atomic mass is 9.99. The van der Waals surface area contributed by atoms with Crippen molar-refractivity contribution in [3.63, 3.8) is 0 Å². The third-order valence-electron chi connectivity index (χ3n) is 3.37. The van der Waals surface area contributed by atoms with E-state index in [0.29, 0.717) is 13.0 Å². The number of anilines is 1. The highest BCUT2D eigenvalue weighted by atomic mass is 19.4. The molecule has 1 atom stereocenters. The van der Waals surface area contributed by atoms with Crippen molar-refractivity contribution in [2.45, 2.75) is 38.7 Å². The summed E-state index contributed by atoms with van der Waals surface area (Å²) in [5.74, 6) is -3.86. The number of hydrogen-bond donors (Lipinski definition) is 1. The fraction of sp³-hybridized carbons (Fsp3) is 0.467. The van der Waals surface area contributed by atoms with Crippen LogP contribution in [0.15, 0.2) is 12.1 Å². The number of benzene rings is 1. The van der Waals surface area contributed by atoms with Crippen molar-refractivity contribution >= 4 is 17.6 Å². The molecule has 0 unspecified atom stereocenters. The smallest absolute Gasteiger partial charge is 0.437 e. The zero-order valence-corrected chi connectivity index (χ0v) is 14.1. The molecule has 1 aliphatic rings. The van der Waals surface area contributed by atoms with E-state index in [9.17, 15) is 35.9 Å². The van der Waals surface area contributed by atoms with Crippen LogP contribution < -0.4 is 10.1 Å². The van der Waals surface area contributed by atoms with Crippen LogP contribution >= 0.6 is 0 Å². The number of hydrogen-bond acceptors (Lipinski definition) is 4. The minimum absolute atomic E-state index is 0.213. The van der Waals surface area contributed by atoms with Crippen LogP contribution in [0.3, 0.4) is 0 Å². The van der Waals surface area contributed by atoms with Gasteiger partial charge in [-0.05, 0) is 19.1 Å². The molecular formula is C15H15F6NO4. The van der Waals surface area contributed by atoms with Crippen LogP contribution in [0.25, 0.3) is 0 Å². The van der Waals surface area contributed by atoms with E-state index < -0.39 is 52.4 Å². The van der Waals surface area contributed by atoms with Crippen molar-refractivity contribution in [3.8, 4) is 5.75 Å². The molecule has 0 saturated carbocycles. The van der Waals surface area contributed by atoms with Crippen LogP contribution in [0.5, 0.6) is 5.75 Å². The second-order valence-electron chi connectivity index (χ2n) is 4.97. The molecule has 1 amide bonds. The normalized spacial score (nSPS) is 19.4. The summed E-state index contributed by atoms with van der Waals surface area (Å²) in [4.78, 5) is 23.1. The summed E-state index contributed by atoms with van der Waals surface area (Å²) in [5, 5.41) is 1.80.